The molecule has 0 saturated heterocycles. The summed E-state index contributed by atoms with van der Waals surface area (Å²) in [5, 5.41) is 1.08. The monoisotopic (exact) mass is 452 g/mol. The highest BCUT2D eigenvalue weighted by Gasteiger charge is 2.22. The molecule has 0 amide bonds. The van der Waals surface area contributed by atoms with E-state index >= 15 is 0 Å². The molecule has 2 rings (SSSR count). The van der Waals surface area contributed by atoms with Crippen molar-refractivity contribution in [3.63, 3.8) is 0 Å². The second-order valence-corrected chi connectivity index (χ2v) is 8.22. The van der Waals surface area contributed by atoms with Crippen LogP contribution in [-0.4, -0.2) is 32.5 Å². The van der Waals surface area contributed by atoms with Gasteiger partial charge in [0.1, 0.15) is 23.0 Å². The van der Waals surface area contributed by atoms with Crippen molar-refractivity contribution in [1.82, 2.24) is 0 Å². The summed E-state index contributed by atoms with van der Waals surface area (Å²) in [6.07, 6.45) is 2.59. The predicted molar refractivity (Wildman–Crippen MR) is 124 cm³/mol. The first-order valence-electron chi connectivity index (χ1n) is 10.3. The first kappa shape index (κ1) is 24.3. The largest absolute Gasteiger partial charge is 0.496 e. The van der Waals surface area contributed by atoms with Gasteiger partial charge in [0.25, 0.3) is 0 Å². The van der Waals surface area contributed by atoms with Gasteiger partial charge in [0, 0.05) is 12.1 Å². The average molecular weight is 453 g/mol. The minimum Gasteiger partial charge on any atom is -0.496 e. The Bertz CT molecular complexity index is 811. The maximum absolute atomic E-state index is 13.2. The van der Waals surface area contributed by atoms with Gasteiger partial charge in [-0.1, -0.05) is 38.4 Å². The van der Waals surface area contributed by atoms with E-state index in [2.05, 4.69) is 0 Å². The molecule has 2 aromatic carbocycles. The molecule has 0 bridgehead atoms. The van der Waals surface area contributed by atoms with Crippen LogP contribution in [0.3, 0.4) is 0 Å². The molecule has 0 spiro atoms. The zero-order valence-electron chi connectivity index (χ0n) is 18.0. The summed E-state index contributed by atoms with van der Waals surface area (Å²) >= 11 is 6.32. The van der Waals surface area contributed by atoms with E-state index in [1.54, 1.807) is 18.2 Å². The topological polar surface area (TPSA) is 54.0 Å². The summed E-state index contributed by atoms with van der Waals surface area (Å²) in [4.78, 5) is 13.2. The Labute approximate surface area is 185 Å². The fraction of sp³-hybridized carbons (Fsp3) is 0.435. The molecule has 0 aliphatic heterocycles. The Balaban J connectivity index is 2.48. The Morgan fingerprint density at radius 1 is 0.900 bits per heavy atom. The molecular weight excluding hydrogens is 423 g/mol. The number of hydrogen-bond donors (Lipinski definition) is 0. The van der Waals surface area contributed by atoms with Crippen molar-refractivity contribution in [1.29, 1.82) is 0 Å². The van der Waals surface area contributed by atoms with E-state index < -0.39 is 0 Å². The SMILES string of the molecule is CCCOc1cc(OCCC)c(PC(=O)c2c(Cl)cccc2OC)c(OCCC)c1. The fourth-order valence-corrected chi connectivity index (χ4v) is 4.19. The van der Waals surface area contributed by atoms with Crippen molar-refractivity contribution in [3.8, 4) is 23.0 Å². The van der Waals surface area contributed by atoms with E-state index in [1.807, 2.05) is 32.9 Å². The number of halogens is 1. The summed E-state index contributed by atoms with van der Waals surface area (Å²) in [5.74, 6) is 2.34. The minimum atomic E-state index is -0.239. The number of methoxy groups -OCH3 is 1. The quantitative estimate of drug-likeness (QED) is 0.356. The van der Waals surface area contributed by atoms with E-state index in [0.717, 1.165) is 19.3 Å². The van der Waals surface area contributed by atoms with Crippen molar-refractivity contribution in [3.05, 3.63) is 40.9 Å². The van der Waals surface area contributed by atoms with Crippen molar-refractivity contribution in [2.45, 2.75) is 40.0 Å². The van der Waals surface area contributed by atoms with E-state index in [0.29, 0.717) is 58.7 Å². The lowest BCUT2D eigenvalue weighted by Gasteiger charge is -2.18. The summed E-state index contributed by atoms with van der Waals surface area (Å²) in [6, 6.07) is 8.85. The lowest BCUT2D eigenvalue weighted by atomic mass is 10.2. The summed E-state index contributed by atoms with van der Waals surface area (Å²) in [6.45, 7) is 7.78. The van der Waals surface area contributed by atoms with Crippen LogP contribution in [0.25, 0.3) is 0 Å². The van der Waals surface area contributed by atoms with Crippen LogP contribution < -0.4 is 24.3 Å². The number of ether oxygens (including phenoxy) is 4. The third-order valence-corrected chi connectivity index (χ3v) is 5.63. The molecule has 2 aromatic rings. The highest BCUT2D eigenvalue weighted by Crippen LogP contribution is 2.38. The molecule has 0 aliphatic carbocycles. The van der Waals surface area contributed by atoms with Crippen molar-refractivity contribution in [2.75, 3.05) is 26.9 Å². The van der Waals surface area contributed by atoms with Gasteiger partial charge in [-0.2, -0.15) is 0 Å². The fourth-order valence-electron chi connectivity index (χ4n) is 2.71. The standard InChI is InChI=1S/C23H30ClO5P/c1-5-11-27-16-14-19(28-12-6-2)22(20(15-16)29-13-7-3)30-23(25)21-17(24)9-8-10-18(21)26-4/h8-10,14-15,30H,5-7,11-13H2,1-4H3. The second kappa shape index (κ2) is 12.7. The highest BCUT2D eigenvalue weighted by molar-refractivity contribution is 7.66. The molecule has 164 valence electrons. The van der Waals surface area contributed by atoms with E-state index in [4.69, 9.17) is 30.5 Å². The van der Waals surface area contributed by atoms with Crippen molar-refractivity contribution < 1.29 is 23.7 Å². The molecule has 7 heteroatoms. The molecule has 0 radical (unpaired) electrons. The smallest absolute Gasteiger partial charge is 0.191 e. The van der Waals surface area contributed by atoms with Crippen LogP contribution in [0.15, 0.2) is 30.3 Å². The molecule has 0 aliphatic rings. The van der Waals surface area contributed by atoms with Crippen LogP contribution in [0, 0.1) is 0 Å². The van der Waals surface area contributed by atoms with E-state index in [-0.39, 0.29) is 14.1 Å². The van der Waals surface area contributed by atoms with E-state index in [9.17, 15) is 4.79 Å². The number of carbonyl (C=O) groups excluding carboxylic acids is 1. The van der Waals surface area contributed by atoms with E-state index in [1.165, 1.54) is 7.11 Å². The van der Waals surface area contributed by atoms with Crippen molar-refractivity contribution >= 4 is 31.0 Å². The number of benzene rings is 2. The van der Waals surface area contributed by atoms with Gasteiger partial charge < -0.3 is 18.9 Å². The lowest BCUT2D eigenvalue weighted by Crippen LogP contribution is -2.14. The summed E-state index contributed by atoms with van der Waals surface area (Å²) in [7, 11) is 1.29. The molecular formula is C23H30ClO5P. The number of rotatable bonds is 13. The summed E-state index contributed by atoms with van der Waals surface area (Å²) < 4.78 is 23.1. The zero-order chi connectivity index (χ0) is 21.9. The molecule has 0 saturated carbocycles. The highest BCUT2D eigenvalue weighted by atomic mass is 35.5. The molecule has 1 unspecified atom stereocenters. The Kier molecular flexibility index (Phi) is 10.3. The maximum Gasteiger partial charge on any atom is 0.191 e. The number of carbonyl (C=O) groups is 1. The predicted octanol–water partition coefficient (Wildman–Crippen LogP) is 5.86. The van der Waals surface area contributed by atoms with Gasteiger partial charge in [-0.15, -0.1) is 0 Å². The van der Waals surface area contributed by atoms with Gasteiger partial charge in [0.05, 0.1) is 42.8 Å². The Morgan fingerprint density at radius 3 is 2.00 bits per heavy atom. The van der Waals surface area contributed by atoms with Gasteiger partial charge >= 0.3 is 0 Å². The zero-order valence-corrected chi connectivity index (χ0v) is 19.8. The van der Waals surface area contributed by atoms with Crippen LogP contribution in [-0.2, 0) is 0 Å². The molecule has 0 fully saturated rings. The first-order valence-corrected chi connectivity index (χ1v) is 11.6. The number of hydrogen-bond acceptors (Lipinski definition) is 5. The molecule has 30 heavy (non-hydrogen) atoms. The molecule has 5 nitrogen and oxygen atoms in total. The Hall–Kier alpha value is -1.97. The van der Waals surface area contributed by atoms with Gasteiger partial charge in [0.15, 0.2) is 5.52 Å². The van der Waals surface area contributed by atoms with Crippen LogP contribution in [0.1, 0.15) is 50.4 Å². The van der Waals surface area contributed by atoms with Crippen LogP contribution >= 0.6 is 20.2 Å². The second-order valence-electron chi connectivity index (χ2n) is 6.61. The minimum absolute atomic E-state index is 0.137. The first-order chi connectivity index (χ1) is 14.5. The summed E-state index contributed by atoms with van der Waals surface area (Å²) in [5.41, 5.74) is 0.233. The van der Waals surface area contributed by atoms with Gasteiger partial charge in [-0.3, -0.25) is 4.79 Å². The van der Waals surface area contributed by atoms with Gasteiger partial charge in [0.2, 0.25) is 0 Å². The van der Waals surface area contributed by atoms with Gasteiger partial charge in [-0.05, 0) is 40.0 Å². The normalized spacial score (nSPS) is 11.0. The molecule has 0 aromatic heterocycles. The average Bonchev–Trinajstić information content (AvgIpc) is 2.75. The molecule has 0 heterocycles. The Morgan fingerprint density at radius 2 is 1.47 bits per heavy atom. The third-order valence-electron chi connectivity index (χ3n) is 4.10. The van der Waals surface area contributed by atoms with Gasteiger partial charge in [-0.25, -0.2) is 0 Å². The maximum atomic E-state index is 13.2. The molecule has 0 N–H and O–H groups in total. The van der Waals surface area contributed by atoms with Crippen LogP contribution in [0.5, 0.6) is 23.0 Å². The van der Waals surface area contributed by atoms with Crippen molar-refractivity contribution in [2.24, 2.45) is 0 Å². The molecule has 1 atom stereocenters. The van der Waals surface area contributed by atoms with Crippen LogP contribution in [0.4, 0.5) is 0 Å². The lowest BCUT2D eigenvalue weighted by molar-refractivity contribution is 0.108. The van der Waals surface area contributed by atoms with Crippen LogP contribution in [0.2, 0.25) is 5.02 Å². The third kappa shape index (κ3) is 6.52.